The van der Waals surface area contributed by atoms with E-state index < -0.39 is 0 Å². The van der Waals surface area contributed by atoms with Crippen molar-refractivity contribution < 1.29 is 9.21 Å². The summed E-state index contributed by atoms with van der Waals surface area (Å²) in [7, 11) is 0. The van der Waals surface area contributed by atoms with Crippen LogP contribution in [0.5, 0.6) is 0 Å². The molecule has 0 aliphatic heterocycles. The Bertz CT molecular complexity index is 370. The van der Waals surface area contributed by atoms with Gasteiger partial charge in [0.15, 0.2) is 0 Å². The van der Waals surface area contributed by atoms with Crippen molar-refractivity contribution in [2.45, 2.75) is 46.1 Å². The molecule has 1 aromatic rings. The fraction of sp³-hybridized carbons (Fsp3) is 0.643. The summed E-state index contributed by atoms with van der Waals surface area (Å²) < 4.78 is 5.33. The van der Waals surface area contributed by atoms with Crippen LogP contribution in [0.15, 0.2) is 16.7 Å². The molecule has 0 saturated carbocycles. The number of carbonyl (C=O) groups excluding carboxylic acids is 1. The van der Waals surface area contributed by atoms with E-state index in [0.29, 0.717) is 18.7 Å². The van der Waals surface area contributed by atoms with Gasteiger partial charge in [0, 0.05) is 25.6 Å². The van der Waals surface area contributed by atoms with Gasteiger partial charge in [-0.2, -0.15) is 0 Å². The van der Waals surface area contributed by atoms with Crippen LogP contribution in [0.1, 0.15) is 49.7 Å². The van der Waals surface area contributed by atoms with Crippen LogP contribution in [0.4, 0.5) is 0 Å². The Morgan fingerprint density at radius 2 is 2.06 bits per heavy atom. The van der Waals surface area contributed by atoms with Gasteiger partial charge in [-0.25, -0.2) is 0 Å². The lowest BCUT2D eigenvalue weighted by Crippen LogP contribution is -2.42. The summed E-state index contributed by atoms with van der Waals surface area (Å²) in [5, 5.41) is 0. The quantitative estimate of drug-likeness (QED) is 0.810. The number of furan rings is 1. The number of hydrogen-bond acceptors (Lipinski definition) is 3. The first-order chi connectivity index (χ1) is 8.69. The number of aryl methyl sites for hydroxylation is 1. The predicted octanol–water partition coefficient (Wildman–Crippen LogP) is 2.43. The van der Waals surface area contributed by atoms with Gasteiger partial charge >= 0.3 is 0 Å². The fourth-order valence-corrected chi connectivity index (χ4v) is 2.28. The molecule has 0 saturated heterocycles. The van der Waals surface area contributed by atoms with Crippen LogP contribution in [-0.4, -0.2) is 29.9 Å². The third-order valence-corrected chi connectivity index (χ3v) is 3.31. The molecule has 102 valence electrons. The van der Waals surface area contributed by atoms with Gasteiger partial charge in [0.2, 0.25) is 0 Å². The molecule has 0 atom stereocenters. The normalized spacial score (nSPS) is 10.9. The van der Waals surface area contributed by atoms with Gasteiger partial charge in [-0.15, -0.1) is 0 Å². The van der Waals surface area contributed by atoms with Crippen molar-refractivity contribution in [1.82, 2.24) is 4.90 Å². The lowest BCUT2D eigenvalue weighted by molar-refractivity contribution is 0.0672. The average Bonchev–Trinajstić information content (AvgIpc) is 2.86. The molecule has 1 rings (SSSR count). The summed E-state index contributed by atoms with van der Waals surface area (Å²) in [5.74, 6) is 0.799. The highest BCUT2D eigenvalue weighted by molar-refractivity contribution is 5.95. The largest absolute Gasteiger partial charge is 0.469 e. The molecular formula is C14H24N2O2. The zero-order valence-electron chi connectivity index (χ0n) is 11.6. The van der Waals surface area contributed by atoms with Gasteiger partial charge in [-0.1, -0.05) is 20.8 Å². The molecule has 1 aromatic heterocycles. The summed E-state index contributed by atoms with van der Waals surface area (Å²) in [6.07, 6.45) is 4.20. The molecule has 0 spiro atoms. The molecule has 0 radical (unpaired) electrons. The molecule has 2 N–H and O–H groups in total. The molecule has 0 aliphatic carbocycles. The van der Waals surface area contributed by atoms with E-state index in [9.17, 15) is 4.79 Å². The molecule has 0 bridgehead atoms. The lowest BCUT2D eigenvalue weighted by Gasteiger charge is -2.30. The molecular weight excluding hydrogens is 228 g/mol. The predicted molar refractivity (Wildman–Crippen MR) is 72.5 cm³/mol. The zero-order valence-corrected chi connectivity index (χ0v) is 11.6. The number of carbonyl (C=O) groups is 1. The van der Waals surface area contributed by atoms with E-state index in [-0.39, 0.29) is 11.9 Å². The van der Waals surface area contributed by atoms with Crippen molar-refractivity contribution >= 4 is 5.91 Å². The molecule has 4 heteroatoms. The monoisotopic (exact) mass is 252 g/mol. The van der Waals surface area contributed by atoms with E-state index in [1.807, 2.05) is 11.8 Å². The summed E-state index contributed by atoms with van der Waals surface area (Å²) in [6.45, 7) is 7.27. The van der Waals surface area contributed by atoms with Crippen molar-refractivity contribution in [3.05, 3.63) is 23.7 Å². The van der Waals surface area contributed by atoms with E-state index in [0.717, 1.165) is 25.0 Å². The molecule has 18 heavy (non-hydrogen) atoms. The maximum absolute atomic E-state index is 12.5. The van der Waals surface area contributed by atoms with Gasteiger partial charge < -0.3 is 15.1 Å². The fourth-order valence-electron chi connectivity index (χ4n) is 2.28. The molecule has 0 fully saturated rings. The van der Waals surface area contributed by atoms with E-state index in [1.54, 1.807) is 12.3 Å². The topological polar surface area (TPSA) is 59.5 Å². The highest BCUT2D eigenvalue weighted by atomic mass is 16.3. The Balaban J connectivity index is 2.95. The second-order valence-corrected chi connectivity index (χ2v) is 4.37. The summed E-state index contributed by atoms with van der Waals surface area (Å²) in [5.41, 5.74) is 6.30. The summed E-state index contributed by atoms with van der Waals surface area (Å²) in [4.78, 5) is 14.4. The van der Waals surface area contributed by atoms with Gasteiger partial charge in [-0.05, 0) is 18.9 Å². The van der Waals surface area contributed by atoms with E-state index in [2.05, 4.69) is 13.8 Å². The highest BCUT2D eigenvalue weighted by Gasteiger charge is 2.24. The van der Waals surface area contributed by atoms with Crippen LogP contribution in [0.25, 0.3) is 0 Å². The van der Waals surface area contributed by atoms with Crippen molar-refractivity contribution in [3.8, 4) is 0 Å². The number of nitrogens with zero attached hydrogens (tertiary/aromatic N) is 1. The smallest absolute Gasteiger partial charge is 0.257 e. The van der Waals surface area contributed by atoms with Crippen LogP contribution < -0.4 is 5.73 Å². The SMILES string of the molecule is CCc1occc1C(=O)N(CCN)C(CC)CC. The second kappa shape index (κ2) is 7.21. The first-order valence-electron chi connectivity index (χ1n) is 6.76. The van der Waals surface area contributed by atoms with Crippen LogP contribution in [0.2, 0.25) is 0 Å². The summed E-state index contributed by atoms with van der Waals surface area (Å²) >= 11 is 0. The minimum Gasteiger partial charge on any atom is -0.469 e. The molecule has 4 nitrogen and oxygen atoms in total. The number of hydrogen-bond donors (Lipinski definition) is 1. The Morgan fingerprint density at radius 1 is 1.39 bits per heavy atom. The molecule has 1 heterocycles. The summed E-state index contributed by atoms with van der Waals surface area (Å²) in [6, 6.07) is 2.01. The average molecular weight is 252 g/mol. The lowest BCUT2D eigenvalue weighted by atomic mass is 10.1. The number of amides is 1. The first-order valence-corrected chi connectivity index (χ1v) is 6.76. The van der Waals surface area contributed by atoms with Crippen LogP contribution >= 0.6 is 0 Å². The van der Waals surface area contributed by atoms with Crippen LogP contribution in [0, 0.1) is 0 Å². The molecule has 0 aromatic carbocycles. The van der Waals surface area contributed by atoms with Crippen molar-refractivity contribution in [2.24, 2.45) is 5.73 Å². The van der Waals surface area contributed by atoms with Gasteiger partial charge in [0.25, 0.3) is 5.91 Å². The minimum absolute atomic E-state index is 0.0414. The number of nitrogens with two attached hydrogens (primary N) is 1. The van der Waals surface area contributed by atoms with Gasteiger partial charge in [0.05, 0.1) is 11.8 Å². The maximum Gasteiger partial charge on any atom is 0.257 e. The third-order valence-electron chi connectivity index (χ3n) is 3.31. The van der Waals surface area contributed by atoms with E-state index >= 15 is 0 Å². The Kier molecular flexibility index (Phi) is 5.92. The Hall–Kier alpha value is -1.29. The third kappa shape index (κ3) is 3.13. The van der Waals surface area contributed by atoms with Crippen molar-refractivity contribution in [2.75, 3.05) is 13.1 Å². The van der Waals surface area contributed by atoms with Gasteiger partial charge in [0.1, 0.15) is 5.76 Å². The highest BCUT2D eigenvalue weighted by Crippen LogP contribution is 2.17. The van der Waals surface area contributed by atoms with Crippen LogP contribution in [-0.2, 0) is 6.42 Å². The zero-order chi connectivity index (χ0) is 13.5. The molecule has 1 amide bonds. The second-order valence-electron chi connectivity index (χ2n) is 4.37. The van der Waals surface area contributed by atoms with E-state index in [1.165, 1.54) is 0 Å². The van der Waals surface area contributed by atoms with Gasteiger partial charge in [-0.3, -0.25) is 4.79 Å². The van der Waals surface area contributed by atoms with E-state index in [4.69, 9.17) is 10.2 Å². The minimum atomic E-state index is 0.0414. The Labute approximate surface area is 109 Å². The van der Waals surface area contributed by atoms with Crippen molar-refractivity contribution in [1.29, 1.82) is 0 Å². The first kappa shape index (κ1) is 14.8. The molecule has 0 unspecified atom stereocenters. The maximum atomic E-state index is 12.5. The van der Waals surface area contributed by atoms with Crippen molar-refractivity contribution in [3.63, 3.8) is 0 Å². The standard InChI is InChI=1S/C14H24N2O2/c1-4-11(5-2)16(9-8-15)14(17)12-7-10-18-13(12)6-3/h7,10-11H,4-6,8-9,15H2,1-3H3. The number of rotatable bonds is 7. The van der Waals surface area contributed by atoms with Crippen LogP contribution in [0.3, 0.4) is 0 Å². The molecule has 0 aliphatic rings. The Morgan fingerprint density at radius 3 is 2.56 bits per heavy atom.